The molecule has 2 nitrogen and oxygen atoms in total. The maximum Gasteiger partial charge on any atom is 0.309 e. The lowest BCUT2D eigenvalue weighted by Crippen LogP contribution is -2.40. The minimum absolute atomic E-state index is 0.0557. The smallest absolute Gasteiger partial charge is 0.309 e. The molecule has 27 heavy (non-hydrogen) atoms. The van der Waals surface area contributed by atoms with Crippen molar-refractivity contribution in [2.75, 3.05) is 0 Å². The first kappa shape index (κ1) is 18.8. The summed E-state index contributed by atoms with van der Waals surface area (Å²) in [5, 5.41) is 0. The van der Waals surface area contributed by atoms with Gasteiger partial charge in [0.05, 0.1) is 6.42 Å². The van der Waals surface area contributed by atoms with Crippen molar-refractivity contribution in [1.29, 1.82) is 0 Å². The fourth-order valence-corrected chi connectivity index (χ4v) is 5.40. The molecule has 1 saturated heterocycles. The van der Waals surface area contributed by atoms with Crippen molar-refractivity contribution in [2.24, 2.45) is 17.8 Å². The summed E-state index contributed by atoms with van der Waals surface area (Å²) in [6.07, 6.45) is 10.7. The molecule has 0 amide bonds. The molecule has 0 radical (unpaired) electrons. The van der Waals surface area contributed by atoms with Gasteiger partial charge in [-0.15, -0.1) is 0 Å². The van der Waals surface area contributed by atoms with E-state index in [2.05, 4.69) is 0 Å². The van der Waals surface area contributed by atoms with Crippen LogP contribution in [0.5, 0.6) is 0 Å². The van der Waals surface area contributed by atoms with E-state index in [1.165, 1.54) is 19.3 Å². The minimum atomic E-state index is -1.38. The molecule has 0 spiro atoms. The van der Waals surface area contributed by atoms with Gasteiger partial charge in [0.15, 0.2) is 17.5 Å². The van der Waals surface area contributed by atoms with Crippen LogP contribution in [0.1, 0.15) is 75.7 Å². The normalized spacial score (nSPS) is 34.0. The summed E-state index contributed by atoms with van der Waals surface area (Å²) in [5.74, 6) is -1.48. The van der Waals surface area contributed by atoms with Gasteiger partial charge in [0, 0.05) is 0 Å². The van der Waals surface area contributed by atoms with Crippen LogP contribution in [-0.4, -0.2) is 12.1 Å². The molecule has 1 heterocycles. The second-order valence-electron chi connectivity index (χ2n) is 8.77. The van der Waals surface area contributed by atoms with Crippen LogP contribution in [0.2, 0.25) is 0 Å². The molecule has 0 bridgehead atoms. The molecule has 148 valence electrons. The molecule has 4 rings (SSSR count). The fourth-order valence-electron chi connectivity index (χ4n) is 5.40. The van der Waals surface area contributed by atoms with Gasteiger partial charge in [-0.2, -0.15) is 0 Å². The fraction of sp³-hybridized carbons (Fsp3) is 0.682. The van der Waals surface area contributed by atoms with E-state index in [1.54, 1.807) is 0 Å². The summed E-state index contributed by atoms with van der Waals surface area (Å²) < 4.78 is 45.3. The van der Waals surface area contributed by atoms with E-state index in [0.717, 1.165) is 56.6 Å². The van der Waals surface area contributed by atoms with Crippen molar-refractivity contribution in [3.63, 3.8) is 0 Å². The van der Waals surface area contributed by atoms with Crippen molar-refractivity contribution in [3.8, 4) is 0 Å². The highest BCUT2D eigenvalue weighted by Gasteiger charge is 2.38. The monoisotopic (exact) mass is 380 g/mol. The zero-order chi connectivity index (χ0) is 19.0. The topological polar surface area (TPSA) is 26.3 Å². The van der Waals surface area contributed by atoms with Crippen LogP contribution in [0.4, 0.5) is 13.2 Å². The Bertz CT molecular complexity index is 658. The van der Waals surface area contributed by atoms with E-state index in [9.17, 15) is 18.0 Å². The predicted octanol–water partition coefficient (Wildman–Crippen LogP) is 5.89. The summed E-state index contributed by atoms with van der Waals surface area (Å²) in [6, 6.07) is 2.33. The van der Waals surface area contributed by atoms with E-state index in [-0.39, 0.29) is 18.0 Å². The van der Waals surface area contributed by atoms with Crippen LogP contribution >= 0.6 is 0 Å². The third-order valence-electron chi connectivity index (χ3n) is 7.06. The van der Waals surface area contributed by atoms with Crippen LogP contribution in [-0.2, 0) is 9.53 Å². The Morgan fingerprint density at radius 1 is 0.852 bits per heavy atom. The lowest BCUT2D eigenvalue weighted by Gasteiger charge is -2.39. The van der Waals surface area contributed by atoms with Crippen LogP contribution < -0.4 is 0 Å². The Balaban J connectivity index is 1.23. The average Bonchev–Trinajstić information content (AvgIpc) is 2.65. The Hall–Kier alpha value is -1.52. The van der Waals surface area contributed by atoms with E-state index in [0.29, 0.717) is 23.8 Å². The molecule has 1 atom stereocenters. The summed E-state index contributed by atoms with van der Waals surface area (Å²) in [4.78, 5) is 11.0. The summed E-state index contributed by atoms with van der Waals surface area (Å²) in [6.45, 7) is 0. The number of benzene rings is 1. The zero-order valence-electron chi connectivity index (χ0n) is 15.6. The molecule has 1 aromatic rings. The molecule has 0 aromatic heterocycles. The van der Waals surface area contributed by atoms with Gasteiger partial charge in [-0.1, -0.05) is 12.8 Å². The van der Waals surface area contributed by atoms with E-state index >= 15 is 0 Å². The highest BCUT2D eigenvalue weighted by atomic mass is 19.2. The van der Waals surface area contributed by atoms with Crippen molar-refractivity contribution >= 4 is 5.97 Å². The van der Waals surface area contributed by atoms with Gasteiger partial charge in [0.2, 0.25) is 0 Å². The Morgan fingerprint density at radius 2 is 1.37 bits per heavy atom. The van der Waals surface area contributed by atoms with Gasteiger partial charge in [0.1, 0.15) is 6.10 Å². The molecular formula is C22H27F3O2. The van der Waals surface area contributed by atoms with Crippen LogP contribution in [0.25, 0.3) is 0 Å². The Kier molecular flexibility index (Phi) is 5.47. The van der Waals surface area contributed by atoms with Gasteiger partial charge in [-0.3, -0.25) is 4.79 Å². The third-order valence-corrected chi connectivity index (χ3v) is 7.06. The number of carbonyl (C=O) groups is 1. The molecular weight excluding hydrogens is 353 g/mol. The van der Waals surface area contributed by atoms with Crippen LogP contribution in [0.3, 0.4) is 0 Å². The first-order valence-electron chi connectivity index (χ1n) is 10.3. The van der Waals surface area contributed by atoms with Crippen molar-refractivity contribution in [1.82, 2.24) is 0 Å². The minimum Gasteiger partial charge on any atom is -0.461 e. The average molecular weight is 380 g/mol. The molecule has 1 aliphatic heterocycles. The maximum absolute atomic E-state index is 13.5. The van der Waals surface area contributed by atoms with Crippen molar-refractivity contribution in [3.05, 3.63) is 35.1 Å². The molecule has 2 aliphatic carbocycles. The predicted molar refractivity (Wildman–Crippen MR) is 95.6 cm³/mol. The third kappa shape index (κ3) is 4.17. The number of halogens is 3. The number of carbonyl (C=O) groups excluding carboxylic acids is 1. The second kappa shape index (κ2) is 7.84. The van der Waals surface area contributed by atoms with Gasteiger partial charge in [-0.25, -0.2) is 13.2 Å². The molecule has 1 aromatic carbocycles. The highest BCUT2D eigenvalue weighted by molar-refractivity contribution is 5.75. The number of rotatable bonds is 4. The largest absolute Gasteiger partial charge is 0.461 e. The van der Waals surface area contributed by atoms with Gasteiger partial charge >= 0.3 is 5.97 Å². The SMILES string of the molecule is O=C1CC(C2CCC(CC3CCC(c4cc(F)c(F)c(F)c4)CC3)CC2)O1. The first-order chi connectivity index (χ1) is 13.0. The number of ether oxygens (including phenoxy) is 1. The standard InChI is InChI=1S/C22H27F3O2/c23-18-10-17(11-19(24)22(18)25)15-5-1-13(2-6-15)9-14-3-7-16(8-4-14)20-12-21(26)27-20/h10-11,13-16,20H,1-9,12H2. The lowest BCUT2D eigenvalue weighted by atomic mass is 9.71. The molecule has 3 fully saturated rings. The van der Waals surface area contributed by atoms with E-state index in [4.69, 9.17) is 4.74 Å². The highest BCUT2D eigenvalue weighted by Crippen LogP contribution is 2.43. The van der Waals surface area contributed by atoms with E-state index < -0.39 is 17.5 Å². The molecule has 0 N–H and O–H groups in total. The van der Waals surface area contributed by atoms with Crippen LogP contribution in [0, 0.1) is 35.2 Å². The number of hydrogen-bond acceptors (Lipinski definition) is 2. The lowest BCUT2D eigenvalue weighted by molar-refractivity contribution is -0.176. The number of cyclic esters (lactones) is 1. The Labute approximate surface area is 158 Å². The molecule has 2 saturated carbocycles. The second-order valence-corrected chi connectivity index (χ2v) is 8.77. The summed E-state index contributed by atoms with van der Waals surface area (Å²) in [5.41, 5.74) is 0.598. The first-order valence-corrected chi connectivity index (χ1v) is 10.3. The number of esters is 1. The summed E-state index contributed by atoms with van der Waals surface area (Å²) in [7, 11) is 0. The van der Waals surface area contributed by atoms with Gasteiger partial charge in [-0.05, 0) is 86.3 Å². The summed E-state index contributed by atoms with van der Waals surface area (Å²) >= 11 is 0. The van der Waals surface area contributed by atoms with Crippen LogP contribution in [0.15, 0.2) is 12.1 Å². The van der Waals surface area contributed by atoms with Gasteiger partial charge in [0.25, 0.3) is 0 Å². The number of hydrogen-bond donors (Lipinski definition) is 0. The molecule has 3 aliphatic rings. The molecule has 1 unspecified atom stereocenters. The zero-order valence-corrected chi connectivity index (χ0v) is 15.6. The quantitative estimate of drug-likeness (QED) is 0.481. The van der Waals surface area contributed by atoms with Crippen molar-refractivity contribution < 1.29 is 22.7 Å². The maximum atomic E-state index is 13.5. The van der Waals surface area contributed by atoms with Gasteiger partial charge < -0.3 is 4.74 Å². The van der Waals surface area contributed by atoms with E-state index in [1.807, 2.05) is 0 Å². The Morgan fingerprint density at radius 3 is 1.89 bits per heavy atom. The van der Waals surface area contributed by atoms with Crippen molar-refractivity contribution in [2.45, 2.75) is 76.2 Å². The molecule has 5 heteroatoms.